The molecule has 0 aliphatic heterocycles. The van der Waals surface area contributed by atoms with Gasteiger partial charge in [-0.3, -0.25) is 0 Å². The topological polar surface area (TPSA) is 138 Å². The number of nitrogens with one attached hydrogen (secondary N) is 1. The Bertz CT molecular complexity index is 789. The Morgan fingerprint density at radius 2 is 1.80 bits per heavy atom. The zero-order valence-electron chi connectivity index (χ0n) is 10.2. The second kappa shape index (κ2) is 5.75. The van der Waals surface area contributed by atoms with Gasteiger partial charge < -0.3 is 10.4 Å². The zero-order chi connectivity index (χ0) is 15.3. The lowest BCUT2D eigenvalue weighted by atomic mass is 10.2. The fraction of sp³-hybridized carbons (Fsp3) is 0.0833. The van der Waals surface area contributed by atoms with E-state index in [1.807, 2.05) is 0 Å². The molecule has 0 amide bonds. The average Bonchev–Trinajstić information content (AvgIpc) is 2.39. The maximum atomic E-state index is 11.4. The standard InChI is InChI=1S/C12H8N4O3S/c1-20(18,19)9-2-3-12(17)10(4-9)16-11(7-15)8(5-13)6-14/h2-4,16-17H,1H3. The van der Waals surface area contributed by atoms with Crippen LogP contribution in [0.5, 0.6) is 5.75 Å². The van der Waals surface area contributed by atoms with Crippen LogP contribution < -0.4 is 5.32 Å². The van der Waals surface area contributed by atoms with E-state index in [1.54, 1.807) is 6.07 Å². The van der Waals surface area contributed by atoms with Gasteiger partial charge in [-0.1, -0.05) is 0 Å². The van der Waals surface area contributed by atoms with Gasteiger partial charge in [0.05, 0.1) is 10.6 Å². The van der Waals surface area contributed by atoms with Crippen LogP contribution in [0.2, 0.25) is 0 Å². The van der Waals surface area contributed by atoms with Gasteiger partial charge in [0.1, 0.15) is 29.7 Å². The lowest BCUT2D eigenvalue weighted by molar-refractivity contribution is 0.477. The van der Waals surface area contributed by atoms with Crippen molar-refractivity contribution in [2.24, 2.45) is 0 Å². The van der Waals surface area contributed by atoms with Crippen LogP contribution in [0.15, 0.2) is 34.4 Å². The lowest BCUT2D eigenvalue weighted by Crippen LogP contribution is -2.03. The van der Waals surface area contributed by atoms with Crippen molar-refractivity contribution >= 4 is 15.5 Å². The largest absolute Gasteiger partial charge is 0.506 e. The van der Waals surface area contributed by atoms with Gasteiger partial charge in [-0.05, 0) is 18.2 Å². The molecular formula is C12H8N4O3S. The molecule has 0 spiro atoms. The predicted molar refractivity (Wildman–Crippen MR) is 68.7 cm³/mol. The number of benzene rings is 1. The van der Waals surface area contributed by atoms with E-state index in [4.69, 9.17) is 15.8 Å². The van der Waals surface area contributed by atoms with E-state index in [-0.39, 0.29) is 22.0 Å². The molecule has 0 aliphatic rings. The molecule has 0 radical (unpaired) electrons. The molecule has 0 aromatic heterocycles. The first-order valence-corrected chi connectivity index (χ1v) is 6.97. The van der Waals surface area contributed by atoms with Crippen LogP contribution in [0.4, 0.5) is 5.69 Å². The van der Waals surface area contributed by atoms with Crippen molar-refractivity contribution in [3.63, 3.8) is 0 Å². The van der Waals surface area contributed by atoms with E-state index in [0.717, 1.165) is 18.4 Å². The van der Waals surface area contributed by atoms with E-state index < -0.39 is 15.4 Å². The fourth-order valence-electron chi connectivity index (χ4n) is 1.26. The molecule has 1 aromatic rings. The summed E-state index contributed by atoms with van der Waals surface area (Å²) in [6.07, 6.45) is 0.986. The predicted octanol–water partition coefficient (Wildman–Crippen LogP) is 1.03. The molecule has 0 aliphatic carbocycles. The molecule has 0 fully saturated rings. The molecule has 7 nitrogen and oxygen atoms in total. The lowest BCUT2D eigenvalue weighted by Gasteiger charge is -2.08. The van der Waals surface area contributed by atoms with Crippen LogP contribution in [-0.4, -0.2) is 19.8 Å². The molecule has 20 heavy (non-hydrogen) atoms. The molecule has 8 heteroatoms. The summed E-state index contributed by atoms with van der Waals surface area (Å²) in [7, 11) is -3.50. The molecule has 0 unspecified atom stereocenters. The number of aromatic hydroxyl groups is 1. The minimum Gasteiger partial charge on any atom is -0.506 e. The van der Waals surface area contributed by atoms with Gasteiger partial charge in [0.25, 0.3) is 0 Å². The Balaban J connectivity index is 3.37. The van der Waals surface area contributed by atoms with Crippen molar-refractivity contribution < 1.29 is 13.5 Å². The number of hydrogen-bond donors (Lipinski definition) is 2. The minimum atomic E-state index is -3.50. The molecule has 1 aromatic carbocycles. The molecule has 100 valence electrons. The first-order valence-electron chi connectivity index (χ1n) is 5.08. The third-order valence-corrected chi connectivity index (χ3v) is 3.35. The van der Waals surface area contributed by atoms with Crippen molar-refractivity contribution in [3.05, 3.63) is 29.5 Å². The number of anilines is 1. The smallest absolute Gasteiger partial charge is 0.175 e. The Labute approximate surface area is 115 Å². The Kier molecular flexibility index (Phi) is 4.32. The van der Waals surface area contributed by atoms with Crippen LogP contribution in [0.25, 0.3) is 0 Å². The number of phenols is 1. The summed E-state index contributed by atoms with van der Waals surface area (Å²) in [5.74, 6) is -0.319. The maximum Gasteiger partial charge on any atom is 0.175 e. The summed E-state index contributed by atoms with van der Waals surface area (Å²) in [6, 6.07) is 8.07. The van der Waals surface area contributed by atoms with Crippen molar-refractivity contribution in [3.8, 4) is 24.0 Å². The van der Waals surface area contributed by atoms with E-state index in [9.17, 15) is 13.5 Å². The van der Waals surface area contributed by atoms with Crippen molar-refractivity contribution in [1.29, 1.82) is 15.8 Å². The van der Waals surface area contributed by atoms with E-state index in [2.05, 4.69) is 5.32 Å². The molecular weight excluding hydrogens is 280 g/mol. The highest BCUT2D eigenvalue weighted by Crippen LogP contribution is 2.27. The monoisotopic (exact) mass is 288 g/mol. The summed E-state index contributed by atoms with van der Waals surface area (Å²) >= 11 is 0. The van der Waals surface area contributed by atoms with Crippen LogP contribution in [-0.2, 0) is 9.84 Å². The van der Waals surface area contributed by atoms with Gasteiger partial charge in [-0.25, -0.2) is 8.42 Å². The molecule has 0 saturated heterocycles. The van der Waals surface area contributed by atoms with Crippen molar-refractivity contribution in [1.82, 2.24) is 0 Å². The second-order valence-corrected chi connectivity index (χ2v) is 5.68. The van der Waals surface area contributed by atoms with E-state index >= 15 is 0 Å². The highest BCUT2D eigenvalue weighted by Gasteiger charge is 2.13. The van der Waals surface area contributed by atoms with Gasteiger partial charge in [0, 0.05) is 6.26 Å². The summed E-state index contributed by atoms with van der Waals surface area (Å²) < 4.78 is 22.8. The van der Waals surface area contributed by atoms with Gasteiger partial charge in [0.15, 0.2) is 15.4 Å². The Morgan fingerprint density at radius 1 is 1.20 bits per heavy atom. The number of allylic oxidation sites excluding steroid dienone is 2. The highest BCUT2D eigenvalue weighted by molar-refractivity contribution is 7.90. The van der Waals surface area contributed by atoms with Crippen LogP contribution in [0, 0.1) is 34.0 Å². The number of hydrogen-bond acceptors (Lipinski definition) is 7. The summed E-state index contributed by atoms with van der Waals surface area (Å²) in [4.78, 5) is -0.0782. The SMILES string of the molecule is CS(=O)(=O)c1ccc(O)c(NC(C#N)=C(C#N)C#N)c1. The van der Waals surface area contributed by atoms with Gasteiger partial charge in [0.2, 0.25) is 0 Å². The number of phenolic OH excluding ortho intramolecular Hbond substituents is 1. The first-order chi connectivity index (χ1) is 9.33. The third kappa shape index (κ3) is 3.26. The fourth-order valence-corrected chi connectivity index (χ4v) is 1.91. The zero-order valence-corrected chi connectivity index (χ0v) is 11.1. The van der Waals surface area contributed by atoms with Gasteiger partial charge in [-0.2, -0.15) is 15.8 Å². The first kappa shape index (κ1) is 15.0. The van der Waals surface area contributed by atoms with Gasteiger partial charge >= 0.3 is 0 Å². The number of rotatable bonds is 3. The third-order valence-electron chi connectivity index (χ3n) is 2.24. The van der Waals surface area contributed by atoms with Crippen molar-refractivity contribution in [2.75, 3.05) is 11.6 Å². The van der Waals surface area contributed by atoms with Crippen molar-refractivity contribution in [2.45, 2.75) is 4.90 Å². The number of nitrogens with zero attached hydrogens (tertiary/aromatic N) is 3. The average molecular weight is 288 g/mol. The maximum absolute atomic E-state index is 11.4. The van der Waals surface area contributed by atoms with Crippen LogP contribution in [0.3, 0.4) is 0 Å². The normalized spacial score (nSPS) is 9.70. The highest BCUT2D eigenvalue weighted by atomic mass is 32.2. The molecule has 0 saturated carbocycles. The van der Waals surface area contributed by atoms with Gasteiger partial charge in [-0.15, -0.1) is 0 Å². The Morgan fingerprint density at radius 3 is 2.25 bits per heavy atom. The second-order valence-electron chi connectivity index (χ2n) is 3.66. The van der Waals surface area contributed by atoms with Crippen LogP contribution >= 0.6 is 0 Å². The quantitative estimate of drug-likeness (QED) is 0.625. The summed E-state index contributed by atoms with van der Waals surface area (Å²) in [6.45, 7) is 0. The molecule has 0 bridgehead atoms. The molecule has 1 rings (SSSR count). The number of nitriles is 3. The van der Waals surface area contributed by atoms with Crippen LogP contribution in [0.1, 0.15) is 0 Å². The molecule has 2 N–H and O–H groups in total. The molecule has 0 heterocycles. The number of sulfone groups is 1. The molecule has 0 atom stereocenters. The minimum absolute atomic E-state index is 0.0782. The summed E-state index contributed by atoms with van der Waals surface area (Å²) in [5, 5.41) is 38.2. The summed E-state index contributed by atoms with van der Waals surface area (Å²) in [5.41, 5.74) is -0.944. The van der Waals surface area contributed by atoms with E-state index in [0.29, 0.717) is 0 Å². The van der Waals surface area contributed by atoms with E-state index in [1.165, 1.54) is 18.2 Å². The Hall–Kier alpha value is -3.02.